The molecule has 0 aromatic rings. The first-order valence-electron chi connectivity index (χ1n) is 13.8. The molecule has 0 aromatic carbocycles. The van der Waals surface area contributed by atoms with E-state index in [2.05, 4.69) is 33.0 Å². The first-order valence-corrected chi connectivity index (χ1v) is 13.8. The van der Waals surface area contributed by atoms with Gasteiger partial charge in [0, 0.05) is 6.54 Å². The van der Waals surface area contributed by atoms with Crippen LogP contribution in [0.4, 0.5) is 13.2 Å². The molecule has 1 unspecified atom stereocenters. The van der Waals surface area contributed by atoms with Crippen molar-refractivity contribution in [1.29, 1.82) is 0 Å². The lowest BCUT2D eigenvalue weighted by Crippen LogP contribution is -2.61. The normalized spacial score (nSPS) is 22.5. The van der Waals surface area contributed by atoms with Gasteiger partial charge in [-0.3, -0.25) is 4.79 Å². The number of carbonyl (C=O) groups is 2. The van der Waals surface area contributed by atoms with E-state index in [0.29, 0.717) is 6.42 Å². The maximum absolute atomic E-state index is 11.4. The van der Waals surface area contributed by atoms with Gasteiger partial charge in [-0.1, -0.05) is 109 Å². The highest BCUT2D eigenvalue weighted by Crippen LogP contribution is 2.15. The van der Waals surface area contributed by atoms with Crippen LogP contribution in [0, 0.1) is 0 Å². The quantitative estimate of drug-likeness (QED) is 0.236. The van der Waals surface area contributed by atoms with Crippen LogP contribution in [0.1, 0.15) is 122 Å². The van der Waals surface area contributed by atoms with E-state index in [0.717, 1.165) is 25.8 Å². The third kappa shape index (κ3) is 25.9. The fourth-order valence-electron chi connectivity index (χ4n) is 3.94. The minimum absolute atomic E-state index is 0.602. The average molecular weight is 543 g/mol. The fourth-order valence-corrected chi connectivity index (χ4v) is 3.94. The summed E-state index contributed by atoms with van der Waals surface area (Å²) in [5.41, 5.74) is 16.8. The van der Waals surface area contributed by atoms with Crippen LogP contribution in [-0.4, -0.2) is 40.9 Å². The van der Waals surface area contributed by atoms with Crippen molar-refractivity contribution < 1.29 is 33.0 Å². The van der Waals surface area contributed by atoms with Crippen LogP contribution < -0.4 is 33.0 Å². The minimum atomic E-state index is -5.08. The van der Waals surface area contributed by atoms with E-state index in [9.17, 15) is 23.1 Å². The van der Waals surface area contributed by atoms with Gasteiger partial charge in [-0.05, 0) is 12.8 Å². The number of hydrogen-bond donors (Lipinski definition) is 8. The molecule has 0 spiro atoms. The summed E-state index contributed by atoms with van der Waals surface area (Å²) in [6.07, 6.45) is 19.0. The highest BCUT2D eigenvalue weighted by Gasteiger charge is 2.38. The molecule has 0 bridgehead atoms. The Morgan fingerprint density at radius 1 is 0.568 bits per heavy atom. The number of halogens is 3. The van der Waals surface area contributed by atoms with Crippen molar-refractivity contribution in [2.75, 3.05) is 6.54 Å². The van der Waals surface area contributed by atoms with Gasteiger partial charge in [0.1, 0.15) is 6.04 Å². The number of hydrazine groups is 5. The van der Waals surface area contributed by atoms with Crippen LogP contribution >= 0.6 is 0 Å². The summed E-state index contributed by atoms with van der Waals surface area (Å²) in [6, 6.07) is -0.602. The van der Waals surface area contributed by atoms with E-state index < -0.39 is 24.2 Å². The smallest absolute Gasteiger partial charge is 0.480 e. The van der Waals surface area contributed by atoms with Gasteiger partial charge in [0.05, 0.1) is 0 Å². The molecule has 37 heavy (non-hydrogen) atoms. The van der Waals surface area contributed by atoms with Crippen LogP contribution in [0.3, 0.4) is 0 Å². The van der Waals surface area contributed by atoms with E-state index in [4.69, 9.17) is 9.90 Å². The SMILES string of the molecule is O=C(O)C(F)(F)F.O=C(O)C1CCCCCCCCCCCCCCCCCCCCNNNNNN1. The topological polar surface area (TPSA) is 147 Å². The lowest BCUT2D eigenvalue weighted by atomic mass is 10.0. The Morgan fingerprint density at radius 2 is 0.919 bits per heavy atom. The van der Waals surface area contributed by atoms with Gasteiger partial charge in [-0.15, -0.1) is 0 Å². The predicted molar refractivity (Wildman–Crippen MR) is 137 cm³/mol. The standard InChI is InChI=1S/C22H48N6O2.C2HF3O2/c29-22(30)21-19-17-15-13-11-9-7-5-3-1-2-4-6-8-10-12-14-16-18-20-23-25-27-28-26-24-21;3-2(4,5)1(6)7/h21,23-28H,1-20H2,(H,29,30);(H,6,7). The summed E-state index contributed by atoms with van der Waals surface area (Å²) < 4.78 is 31.7. The molecule has 8 N–H and O–H groups in total. The third-order valence-corrected chi connectivity index (χ3v) is 6.11. The van der Waals surface area contributed by atoms with Crippen LogP contribution in [-0.2, 0) is 9.59 Å². The molecular weight excluding hydrogens is 493 g/mol. The minimum Gasteiger partial charge on any atom is -0.480 e. The lowest BCUT2D eigenvalue weighted by Gasteiger charge is -2.16. The van der Waals surface area contributed by atoms with Crippen molar-refractivity contribution in [2.45, 2.75) is 134 Å². The Balaban J connectivity index is 0.00000161. The molecule has 1 atom stereocenters. The van der Waals surface area contributed by atoms with Crippen molar-refractivity contribution >= 4 is 11.9 Å². The summed E-state index contributed by atoms with van der Waals surface area (Å²) in [5.74, 6) is -3.59. The highest BCUT2D eigenvalue weighted by atomic mass is 19.4. The Bertz CT molecular complexity index is 531. The zero-order valence-corrected chi connectivity index (χ0v) is 22.1. The Labute approximate surface area is 219 Å². The van der Waals surface area contributed by atoms with Gasteiger partial charge in [0.25, 0.3) is 0 Å². The van der Waals surface area contributed by atoms with Crippen molar-refractivity contribution in [3.05, 3.63) is 0 Å². The third-order valence-electron chi connectivity index (χ3n) is 6.11. The summed E-state index contributed by atoms with van der Waals surface area (Å²) in [6.45, 7) is 0.889. The first kappa shape index (κ1) is 35.5. The molecule has 13 heteroatoms. The highest BCUT2D eigenvalue weighted by molar-refractivity contribution is 5.73. The van der Waals surface area contributed by atoms with Crippen molar-refractivity contribution in [1.82, 2.24) is 33.0 Å². The number of carboxylic acids is 2. The summed E-state index contributed by atoms with van der Waals surface area (Å²) in [7, 11) is 0. The fraction of sp³-hybridized carbons (Fsp3) is 0.917. The van der Waals surface area contributed by atoms with E-state index in [-0.39, 0.29) is 0 Å². The number of alkyl halides is 3. The Hall–Kier alpha value is -1.51. The molecule has 10 nitrogen and oxygen atoms in total. The van der Waals surface area contributed by atoms with Crippen LogP contribution in [0.5, 0.6) is 0 Å². The zero-order chi connectivity index (χ0) is 27.6. The van der Waals surface area contributed by atoms with Gasteiger partial charge in [0.2, 0.25) is 0 Å². The molecule has 0 aliphatic carbocycles. The van der Waals surface area contributed by atoms with Gasteiger partial charge in [-0.2, -0.15) is 35.3 Å². The Morgan fingerprint density at radius 3 is 1.30 bits per heavy atom. The molecule has 0 radical (unpaired) electrons. The largest absolute Gasteiger partial charge is 0.490 e. The number of hydrogen-bond acceptors (Lipinski definition) is 8. The zero-order valence-electron chi connectivity index (χ0n) is 22.1. The first-order chi connectivity index (χ1) is 17.7. The lowest BCUT2D eigenvalue weighted by molar-refractivity contribution is -0.192. The van der Waals surface area contributed by atoms with E-state index in [1.54, 1.807) is 0 Å². The number of rotatable bonds is 1. The number of aliphatic carboxylic acids is 2. The Kier molecular flexibility index (Phi) is 23.8. The predicted octanol–water partition coefficient (Wildman–Crippen LogP) is 4.61. The monoisotopic (exact) mass is 542 g/mol. The molecule has 1 aliphatic rings. The average Bonchev–Trinajstić information content (AvgIpc) is 2.83. The van der Waals surface area contributed by atoms with Crippen LogP contribution in [0.25, 0.3) is 0 Å². The molecular formula is C24H49F3N6O4. The molecule has 220 valence electrons. The van der Waals surface area contributed by atoms with E-state index in [1.807, 2.05) is 0 Å². The van der Waals surface area contributed by atoms with Crippen LogP contribution in [0.15, 0.2) is 0 Å². The van der Waals surface area contributed by atoms with Gasteiger partial charge in [-0.25, -0.2) is 15.6 Å². The summed E-state index contributed by atoms with van der Waals surface area (Å²) >= 11 is 0. The van der Waals surface area contributed by atoms with Crippen molar-refractivity contribution in [3.8, 4) is 0 Å². The number of nitrogens with one attached hydrogen (secondary N) is 6. The number of carboxylic acid groups (broad SMARTS) is 2. The molecule has 1 rings (SSSR count). The van der Waals surface area contributed by atoms with Gasteiger partial charge >= 0.3 is 18.1 Å². The van der Waals surface area contributed by atoms with Crippen molar-refractivity contribution in [3.63, 3.8) is 0 Å². The van der Waals surface area contributed by atoms with Gasteiger partial charge in [0.15, 0.2) is 0 Å². The second kappa shape index (κ2) is 24.8. The van der Waals surface area contributed by atoms with Crippen LogP contribution in [0.2, 0.25) is 0 Å². The summed E-state index contributed by atoms with van der Waals surface area (Å²) in [4.78, 5) is 20.2. The maximum atomic E-state index is 11.4. The maximum Gasteiger partial charge on any atom is 0.490 e. The summed E-state index contributed by atoms with van der Waals surface area (Å²) in [5, 5.41) is 16.4. The van der Waals surface area contributed by atoms with E-state index >= 15 is 0 Å². The molecule has 0 amide bonds. The second-order valence-corrected chi connectivity index (χ2v) is 9.42. The molecule has 0 saturated carbocycles. The van der Waals surface area contributed by atoms with Crippen molar-refractivity contribution in [2.24, 2.45) is 0 Å². The molecule has 1 fully saturated rings. The molecule has 0 aromatic heterocycles. The van der Waals surface area contributed by atoms with Gasteiger partial charge < -0.3 is 10.2 Å². The molecule has 1 aliphatic heterocycles. The molecule has 1 saturated heterocycles. The second-order valence-electron chi connectivity index (χ2n) is 9.42. The van der Waals surface area contributed by atoms with E-state index in [1.165, 1.54) is 96.3 Å². The molecule has 1 heterocycles.